The number of benzene rings is 2. The summed E-state index contributed by atoms with van der Waals surface area (Å²) in [5, 5.41) is 23.1. The Morgan fingerprint density at radius 1 is 1.17 bits per heavy atom. The minimum absolute atomic E-state index is 0.00516. The van der Waals surface area contributed by atoms with Crippen LogP contribution >= 0.6 is 0 Å². The topological polar surface area (TPSA) is 102 Å². The van der Waals surface area contributed by atoms with Crippen LogP contribution in [0.2, 0.25) is 0 Å². The van der Waals surface area contributed by atoms with Crippen LogP contribution in [0.15, 0.2) is 54.6 Å². The molecule has 0 spiro atoms. The van der Waals surface area contributed by atoms with E-state index in [0.717, 1.165) is 0 Å². The summed E-state index contributed by atoms with van der Waals surface area (Å²) in [5.74, 6) is 0.216. The molecule has 2 aromatic rings. The molecule has 0 aliphatic carbocycles. The summed E-state index contributed by atoms with van der Waals surface area (Å²) in [6, 6.07) is 14.4. The largest absolute Gasteiger partial charge is 0.484 e. The van der Waals surface area contributed by atoms with Crippen molar-refractivity contribution in [3.8, 4) is 5.75 Å². The van der Waals surface area contributed by atoms with Crippen molar-refractivity contribution in [3.05, 3.63) is 70.3 Å². The molecule has 7 heteroatoms. The molecular formula is C16H16N2O5. The van der Waals surface area contributed by atoms with Crippen LogP contribution in [0.4, 0.5) is 5.69 Å². The van der Waals surface area contributed by atoms with Gasteiger partial charge in [0, 0.05) is 18.7 Å². The van der Waals surface area contributed by atoms with Gasteiger partial charge in [-0.15, -0.1) is 0 Å². The third kappa shape index (κ3) is 5.08. The molecule has 2 rings (SSSR count). The Bertz CT molecular complexity index is 658. The summed E-state index contributed by atoms with van der Waals surface area (Å²) in [7, 11) is 0. The van der Waals surface area contributed by atoms with Crippen LogP contribution in [0, 0.1) is 10.1 Å². The normalized spacial score (nSPS) is 11.5. The van der Waals surface area contributed by atoms with Crippen LogP contribution < -0.4 is 10.1 Å². The molecule has 0 saturated heterocycles. The first kappa shape index (κ1) is 16.4. The second kappa shape index (κ2) is 7.90. The van der Waals surface area contributed by atoms with Crippen LogP contribution in [0.25, 0.3) is 0 Å². The highest BCUT2D eigenvalue weighted by atomic mass is 16.6. The van der Waals surface area contributed by atoms with Gasteiger partial charge in [0.15, 0.2) is 6.61 Å². The van der Waals surface area contributed by atoms with Crippen molar-refractivity contribution >= 4 is 11.6 Å². The van der Waals surface area contributed by atoms with Gasteiger partial charge in [-0.1, -0.05) is 18.2 Å². The van der Waals surface area contributed by atoms with Gasteiger partial charge in [0.1, 0.15) is 5.75 Å². The molecule has 0 fully saturated rings. The highest BCUT2D eigenvalue weighted by Crippen LogP contribution is 2.17. The van der Waals surface area contributed by atoms with Gasteiger partial charge < -0.3 is 15.2 Å². The number of aliphatic hydroxyl groups is 1. The Labute approximate surface area is 132 Å². The average Bonchev–Trinajstić information content (AvgIpc) is 2.58. The molecule has 7 nitrogen and oxygen atoms in total. The molecule has 120 valence electrons. The first-order valence-electron chi connectivity index (χ1n) is 6.93. The zero-order valence-electron chi connectivity index (χ0n) is 12.2. The van der Waals surface area contributed by atoms with Crippen molar-refractivity contribution in [3.63, 3.8) is 0 Å². The number of nitro benzene ring substituents is 1. The van der Waals surface area contributed by atoms with Gasteiger partial charge in [0.05, 0.1) is 11.0 Å². The van der Waals surface area contributed by atoms with Gasteiger partial charge in [-0.3, -0.25) is 14.9 Å². The lowest BCUT2D eigenvalue weighted by Gasteiger charge is -2.12. The number of aliphatic hydroxyl groups excluding tert-OH is 1. The molecule has 1 atom stereocenters. The fourth-order valence-corrected chi connectivity index (χ4v) is 1.86. The van der Waals surface area contributed by atoms with Crippen LogP contribution in [0.1, 0.15) is 11.7 Å². The van der Waals surface area contributed by atoms with Crippen molar-refractivity contribution in [2.45, 2.75) is 6.10 Å². The maximum Gasteiger partial charge on any atom is 0.269 e. The standard InChI is InChI=1S/C16H16N2O5/c19-15(12-6-8-13(9-7-12)18(21)22)10-17-16(20)11-23-14-4-2-1-3-5-14/h1-9,15,19H,10-11H2,(H,17,20)/t15-/m1/s1. The van der Waals surface area contributed by atoms with E-state index in [4.69, 9.17) is 4.74 Å². The molecule has 0 saturated carbocycles. The third-order valence-electron chi connectivity index (χ3n) is 3.09. The number of rotatable bonds is 7. The maximum absolute atomic E-state index is 11.7. The predicted octanol–water partition coefficient (Wildman–Crippen LogP) is 1.82. The van der Waals surface area contributed by atoms with E-state index in [-0.39, 0.29) is 24.7 Å². The van der Waals surface area contributed by atoms with Crippen LogP contribution in [-0.2, 0) is 4.79 Å². The summed E-state index contributed by atoms with van der Waals surface area (Å²) in [5.41, 5.74) is 0.432. The fraction of sp³-hybridized carbons (Fsp3) is 0.188. The van der Waals surface area contributed by atoms with Gasteiger partial charge in [-0.2, -0.15) is 0 Å². The molecule has 0 aromatic heterocycles. The Morgan fingerprint density at radius 3 is 2.43 bits per heavy atom. The summed E-state index contributed by atoms with van der Waals surface area (Å²) in [4.78, 5) is 21.7. The highest BCUT2D eigenvalue weighted by molar-refractivity contribution is 5.77. The van der Waals surface area contributed by atoms with E-state index in [1.165, 1.54) is 24.3 Å². The van der Waals surface area contributed by atoms with E-state index >= 15 is 0 Å². The summed E-state index contributed by atoms with van der Waals surface area (Å²) < 4.78 is 5.28. The Kier molecular flexibility index (Phi) is 5.65. The number of carbonyl (C=O) groups is 1. The third-order valence-corrected chi connectivity index (χ3v) is 3.09. The molecule has 2 aromatic carbocycles. The molecule has 2 N–H and O–H groups in total. The highest BCUT2D eigenvalue weighted by Gasteiger charge is 2.12. The molecule has 1 amide bonds. The average molecular weight is 316 g/mol. The van der Waals surface area contributed by atoms with Gasteiger partial charge >= 0.3 is 0 Å². The number of amides is 1. The minimum Gasteiger partial charge on any atom is -0.484 e. The number of para-hydroxylation sites is 1. The summed E-state index contributed by atoms with van der Waals surface area (Å²) in [6.07, 6.45) is -0.948. The van der Waals surface area contributed by atoms with Crippen molar-refractivity contribution in [1.82, 2.24) is 5.32 Å². The predicted molar refractivity (Wildman–Crippen MR) is 83.0 cm³/mol. The van der Waals surface area contributed by atoms with Crippen molar-refractivity contribution < 1.29 is 19.6 Å². The van der Waals surface area contributed by atoms with Crippen LogP contribution in [0.3, 0.4) is 0 Å². The summed E-state index contributed by atoms with van der Waals surface area (Å²) >= 11 is 0. The molecule has 23 heavy (non-hydrogen) atoms. The summed E-state index contributed by atoms with van der Waals surface area (Å²) in [6.45, 7) is -0.161. The quantitative estimate of drug-likeness (QED) is 0.599. The molecule has 0 bridgehead atoms. The Hall–Kier alpha value is -2.93. The Balaban J connectivity index is 1.78. The van der Waals surface area contributed by atoms with E-state index in [9.17, 15) is 20.0 Å². The molecular weight excluding hydrogens is 300 g/mol. The van der Waals surface area contributed by atoms with E-state index in [0.29, 0.717) is 11.3 Å². The maximum atomic E-state index is 11.7. The number of hydrogen-bond acceptors (Lipinski definition) is 5. The number of hydrogen-bond donors (Lipinski definition) is 2. The van der Waals surface area contributed by atoms with Crippen LogP contribution in [0.5, 0.6) is 5.75 Å². The number of ether oxygens (including phenoxy) is 1. The van der Waals surface area contributed by atoms with E-state index in [1.807, 2.05) is 6.07 Å². The van der Waals surface area contributed by atoms with Crippen molar-refractivity contribution in [2.75, 3.05) is 13.2 Å². The van der Waals surface area contributed by atoms with Crippen molar-refractivity contribution in [2.24, 2.45) is 0 Å². The first-order chi connectivity index (χ1) is 11.1. The smallest absolute Gasteiger partial charge is 0.269 e. The lowest BCUT2D eigenvalue weighted by atomic mass is 10.1. The van der Waals surface area contributed by atoms with Gasteiger partial charge in [0.25, 0.3) is 11.6 Å². The Morgan fingerprint density at radius 2 is 1.83 bits per heavy atom. The van der Waals surface area contributed by atoms with E-state index in [2.05, 4.69) is 5.32 Å². The minimum atomic E-state index is -0.948. The fourth-order valence-electron chi connectivity index (χ4n) is 1.86. The monoisotopic (exact) mass is 316 g/mol. The molecule has 0 aliphatic heterocycles. The molecule has 0 heterocycles. The number of nitrogens with zero attached hydrogens (tertiary/aromatic N) is 1. The zero-order valence-corrected chi connectivity index (χ0v) is 12.2. The molecule has 0 aliphatic rings. The SMILES string of the molecule is O=C(COc1ccccc1)NC[C@@H](O)c1ccc([N+](=O)[O-])cc1. The lowest BCUT2D eigenvalue weighted by molar-refractivity contribution is -0.384. The van der Waals surface area contributed by atoms with Gasteiger partial charge in [0.2, 0.25) is 0 Å². The number of nitrogens with one attached hydrogen (secondary N) is 1. The van der Waals surface area contributed by atoms with Crippen LogP contribution in [-0.4, -0.2) is 29.1 Å². The van der Waals surface area contributed by atoms with E-state index in [1.54, 1.807) is 24.3 Å². The second-order valence-electron chi connectivity index (χ2n) is 4.77. The van der Waals surface area contributed by atoms with Gasteiger partial charge in [-0.05, 0) is 29.8 Å². The molecule has 0 unspecified atom stereocenters. The lowest BCUT2D eigenvalue weighted by Crippen LogP contribution is -2.32. The second-order valence-corrected chi connectivity index (χ2v) is 4.77. The molecule has 0 radical (unpaired) electrons. The zero-order chi connectivity index (χ0) is 16.7. The van der Waals surface area contributed by atoms with E-state index < -0.39 is 11.0 Å². The number of carbonyl (C=O) groups excluding carboxylic acids is 1. The number of non-ortho nitro benzene ring substituents is 1. The van der Waals surface area contributed by atoms with Gasteiger partial charge in [-0.25, -0.2) is 0 Å². The number of nitro groups is 1. The van der Waals surface area contributed by atoms with Crippen molar-refractivity contribution in [1.29, 1.82) is 0 Å². The first-order valence-corrected chi connectivity index (χ1v) is 6.93.